The number of furan rings is 1. The molecule has 0 radical (unpaired) electrons. The van der Waals surface area contributed by atoms with Gasteiger partial charge in [-0.1, -0.05) is 0 Å². The maximum Gasteiger partial charge on any atom is 0.251 e. The molecule has 1 aromatic heterocycles. The molecule has 1 atom stereocenters. The molecule has 0 aliphatic rings. The Morgan fingerprint density at radius 1 is 1.29 bits per heavy atom. The molecule has 1 unspecified atom stereocenters. The lowest BCUT2D eigenvalue weighted by Crippen LogP contribution is -2.18. The average Bonchev–Trinajstić information content (AvgIpc) is 2.79. The highest BCUT2D eigenvalue weighted by atomic mass is 16.3. The zero-order chi connectivity index (χ0) is 15.6. The van der Waals surface area contributed by atoms with Gasteiger partial charge in [-0.3, -0.25) is 4.79 Å². The second-order valence-corrected chi connectivity index (χ2v) is 5.12. The van der Waals surface area contributed by atoms with Gasteiger partial charge in [-0.05, 0) is 45.0 Å². The van der Waals surface area contributed by atoms with Crippen LogP contribution in [0.3, 0.4) is 0 Å². The predicted molar refractivity (Wildman–Crippen MR) is 84.5 cm³/mol. The van der Waals surface area contributed by atoms with Gasteiger partial charge in [0.05, 0.1) is 17.4 Å². The summed E-state index contributed by atoms with van der Waals surface area (Å²) in [6, 6.07) is 7.32. The predicted octanol–water partition coefficient (Wildman–Crippen LogP) is 3.01. The van der Waals surface area contributed by atoms with Crippen LogP contribution in [0.1, 0.15) is 40.4 Å². The summed E-state index contributed by atoms with van der Waals surface area (Å²) in [5.41, 5.74) is 9.00. The number of amides is 1. The van der Waals surface area contributed by atoms with Gasteiger partial charge in [-0.25, -0.2) is 0 Å². The smallest absolute Gasteiger partial charge is 0.251 e. The maximum atomic E-state index is 11.6. The zero-order valence-corrected chi connectivity index (χ0v) is 12.8. The minimum Gasteiger partial charge on any atom is -0.466 e. The number of carbonyl (C=O) groups is 1. The third-order valence-corrected chi connectivity index (χ3v) is 3.46. The van der Waals surface area contributed by atoms with Crippen molar-refractivity contribution in [2.45, 2.75) is 26.8 Å². The minimum atomic E-state index is -0.150. The van der Waals surface area contributed by atoms with Crippen molar-refractivity contribution in [3.05, 3.63) is 46.9 Å². The summed E-state index contributed by atoms with van der Waals surface area (Å²) in [5.74, 6) is 1.63. The molecular formula is C16H21N3O2. The first kappa shape index (κ1) is 15.0. The van der Waals surface area contributed by atoms with Gasteiger partial charge >= 0.3 is 0 Å². The van der Waals surface area contributed by atoms with E-state index in [1.165, 1.54) is 0 Å². The van der Waals surface area contributed by atoms with E-state index in [1.54, 1.807) is 19.2 Å². The van der Waals surface area contributed by atoms with Gasteiger partial charge in [0.25, 0.3) is 5.91 Å². The highest BCUT2D eigenvalue weighted by Gasteiger charge is 2.14. The monoisotopic (exact) mass is 287 g/mol. The summed E-state index contributed by atoms with van der Waals surface area (Å²) in [6.07, 6.45) is 0. The Balaban J connectivity index is 2.20. The van der Waals surface area contributed by atoms with Crippen LogP contribution in [0.5, 0.6) is 0 Å². The Labute approximate surface area is 124 Å². The van der Waals surface area contributed by atoms with Gasteiger partial charge in [0.1, 0.15) is 11.5 Å². The minimum absolute atomic E-state index is 0.0654. The molecule has 0 aliphatic carbocycles. The molecule has 0 bridgehead atoms. The van der Waals surface area contributed by atoms with E-state index < -0.39 is 0 Å². The van der Waals surface area contributed by atoms with Gasteiger partial charge in [0.15, 0.2) is 0 Å². The summed E-state index contributed by atoms with van der Waals surface area (Å²) in [7, 11) is 1.59. The molecule has 1 aromatic carbocycles. The topological polar surface area (TPSA) is 80.3 Å². The third kappa shape index (κ3) is 3.18. The standard InChI is InChI=1S/C16H21N3O2/c1-9-7-13(11(3)21-9)10(2)19-15-6-5-12(8-14(15)17)16(20)18-4/h5-8,10,19H,17H2,1-4H3,(H,18,20). The molecule has 1 heterocycles. The summed E-state index contributed by atoms with van der Waals surface area (Å²) in [6.45, 7) is 5.91. The van der Waals surface area contributed by atoms with Crippen LogP contribution in [0.4, 0.5) is 11.4 Å². The van der Waals surface area contributed by atoms with Crippen molar-refractivity contribution in [1.29, 1.82) is 0 Å². The van der Waals surface area contributed by atoms with Gasteiger partial charge in [0.2, 0.25) is 0 Å². The Bertz CT molecular complexity index is 662. The molecule has 2 rings (SSSR count). The van der Waals surface area contributed by atoms with E-state index in [1.807, 2.05) is 32.9 Å². The van der Waals surface area contributed by atoms with Crippen molar-refractivity contribution in [2.75, 3.05) is 18.1 Å². The van der Waals surface area contributed by atoms with Crippen LogP contribution in [0.2, 0.25) is 0 Å². The molecule has 4 N–H and O–H groups in total. The third-order valence-electron chi connectivity index (χ3n) is 3.46. The zero-order valence-electron chi connectivity index (χ0n) is 12.8. The fourth-order valence-corrected chi connectivity index (χ4v) is 2.37. The van der Waals surface area contributed by atoms with E-state index >= 15 is 0 Å². The number of hydrogen-bond acceptors (Lipinski definition) is 4. The van der Waals surface area contributed by atoms with Crippen molar-refractivity contribution in [3.8, 4) is 0 Å². The van der Waals surface area contributed by atoms with Crippen molar-refractivity contribution in [1.82, 2.24) is 5.32 Å². The van der Waals surface area contributed by atoms with Crippen molar-refractivity contribution >= 4 is 17.3 Å². The average molecular weight is 287 g/mol. The maximum absolute atomic E-state index is 11.6. The van der Waals surface area contributed by atoms with E-state index in [9.17, 15) is 4.79 Å². The summed E-state index contributed by atoms with van der Waals surface area (Å²) in [5, 5.41) is 5.93. The Hall–Kier alpha value is -2.43. The summed E-state index contributed by atoms with van der Waals surface area (Å²) in [4.78, 5) is 11.6. The Kier molecular flexibility index (Phi) is 4.21. The van der Waals surface area contributed by atoms with Crippen molar-refractivity contribution in [3.63, 3.8) is 0 Å². The fourth-order valence-electron chi connectivity index (χ4n) is 2.37. The summed E-state index contributed by atoms with van der Waals surface area (Å²) < 4.78 is 5.54. The number of hydrogen-bond donors (Lipinski definition) is 3. The molecule has 0 saturated carbocycles. The number of benzene rings is 1. The van der Waals surface area contributed by atoms with E-state index in [0.29, 0.717) is 11.3 Å². The highest BCUT2D eigenvalue weighted by molar-refractivity contribution is 5.95. The number of carbonyl (C=O) groups excluding carboxylic acids is 1. The molecule has 0 saturated heterocycles. The Morgan fingerprint density at radius 3 is 2.52 bits per heavy atom. The first-order chi connectivity index (χ1) is 9.92. The SMILES string of the molecule is CNC(=O)c1ccc(NC(C)c2cc(C)oc2C)c(N)c1. The van der Waals surface area contributed by atoms with Crippen LogP contribution in [0, 0.1) is 13.8 Å². The second kappa shape index (κ2) is 5.91. The van der Waals surface area contributed by atoms with Gasteiger partial charge in [0, 0.05) is 18.2 Å². The number of anilines is 2. The molecule has 2 aromatic rings. The van der Waals surface area contributed by atoms with Crippen LogP contribution < -0.4 is 16.4 Å². The van der Waals surface area contributed by atoms with Crippen LogP contribution in [0.15, 0.2) is 28.7 Å². The molecule has 0 spiro atoms. The number of nitrogen functional groups attached to an aromatic ring is 1. The normalized spacial score (nSPS) is 12.0. The van der Waals surface area contributed by atoms with Crippen LogP contribution in [-0.2, 0) is 0 Å². The molecule has 21 heavy (non-hydrogen) atoms. The molecule has 0 fully saturated rings. The number of nitrogens with two attached hydrogens (primary N) is 1. The van der Waals surface area contributed by atoms with Crippen molar-refractivity contribution < 1.29 is 9.21 Å². The molecule has 112 valence electrons. The van der Waals surface area contributed by atoms with Crippen molar-refractivity contribution in [2.24, 2.45) is 0 Å². The second-order valence-electron chi connectivity index (χ2n) is 5.12. The molecule has 0 aliphatic heterocycles. The first-order valence-electron chi connectivity index (χ1n) is 6.87. The van der Waals surface area contributed by atoms with E-state index in [0.717, 1.165) is 22.8 Å². The van der Waals surface area contributed by atoms with Crippen LogP contribution in [0.25, 0.3) is 0 Å². The lowest BCUT2D eigenvalue weighted by atomic mass is 10.1. The molecule has 5 heteroatoms. The number of nitrogens with one attached hydrogen (secondary N) is 2. The lowest BCUT2D eigenvalue weighted by Gasteiger charge is -2.17. The van der Waals surface area contributed by atoms with Crippen LogP contribution >= 0.6 is 0 Å². The van der Waals surface area contributed by atoms with Gasteiger partial charge in [-0.2, -0.15) is 0 Å². The highest BCUT2D eigenvalue weighted by Crippen LogP contribution is 2.28. The molecular weight excluding hydrogens is 266 g/mol. The number of aryl methyl sites for hydroxylation is 2. The first-order valence-corrected chi connectivity index (χ1v) is 6.87. The fraction of sp³-hybridized carbons (Fsp3) is 0.312. The number of rotatable bonds is 4. The van der Waals surface area contributed by atoms with E-state index in [-0.39, 0.29) is 11.9 Å². The lowest BCUT2D eigenvalue weighted by molar-refractivity contribution is 0.0963. The van der Waals surface area contributed by atoms with Crippen LogP contribution in [-0.4, -0.2) is 13.0 Å². The quantitative estimate of drug-likeness (QED) is 0.755. The largest absolute Gasteiger partial charge is 0.466 e. The van der Waals surface area contributed by atoms with E-state index in [2.05, 4.69) is 10.6 Å². The van der Waals surface area contributed by atoms with Gasteiger partial charge < -0.3 is 20.8 Å². The van der Waals surface area contributed by atoms with E-state index in [4.69, 9.17) is 10.2 Å². The molecule has 1 amide bonds. The molecule has 5 nitrogen and oxygen atoms in total. The van der Waals surface area contributed by atoms with Gasteiger partial charge in [-0.15, -0.1) is 0 Å². The Morgan fingerprint density at radius 2 is 2.00 bits per heavy atom. The summed E-state index contributed by atoms with van der Waals surface area (Å²) >= 11 is 0.